The Hall–Kier alpha value is -1.23. The van der Waals surface area contributed by atoms with E-state index in [0.717, 1.165) is 30.4 Å². The third kappa shape index (κ3) is 3.66. The Labute approximate surface area is 123 Å². The Morgan fingerprint density at radius 3 is 2.75 bits per heavy atom. The second kappa shape index (κ2) is 6.97. The van der Waals surface area contributed by atoms with Crippen molar-refractivity contribution in [2.24, 2.45) is 5.84 Å². The Balaban J connectivity index is 2.04. The first kappa shape index (κ1) is 15.2. The molecule has 0 saturated heterocycles. The first-order valence-corrected chi connectivity index (χ1v) is 7.75. The quantitative estimate of drug-likeness (QED) is 0.623. The summed E-state index contributed by atoms with van der Waals surface area (Å²) in [7, 11) is 0. The average Bonchev–Trinajstić information content (AvgIpc) is 2.88. The van der Waals surface area contributed by atoms with Crippen LogP contribution in [0.5, 0.6) is 0 Å². The van der Waals surface area contributed by atoms with Crippen molar-refractivity contribution in [3.8, 4) is 0 Å². The van der Waals surface area contributed by atoms with E-state index in [9.17, 15) is 4.39 Å². The minimum Gasteiger partial charge on any atom is -0.271 e. The molecule has 0 aliphatic carbocycles. The summed E-state index contributed by atoms with van der Waals surface area (Å²) in [6.07, 6.45) is 2.83. The van der Waals surface area contributed by atoms with Gasteiger partial charge in [-0.15, -0.1) is 11.3 Å². The molecule has 20 heavy (non-hydrogen) atoms. The molecule has 0 spiro atoms. The lowest BCUT2D eigenvalue weighted by Gasteiger charge is -2.19. The SMILES string of the molecule is Cc1cc(C)c(C(CCCc2cccs2)NN)c(F)c1. The molecule has 0 bridgehead atoms. The molecule has 4 heteroatoms. The van der Waals surface area contributed by atoms with E-state index < -0.39 is 0 Å². The van der Waals surface area contributed by atoms with Crippen LogP contribution in [0.1, 0.15) is 40.5 Å². The summed E-state index contributed by atoms with van der Waals surface area (Å²) < 4.78 is 14.2. The smallest absolute Gasteiger partial charge is 0.128 e. The lowest BCUT2D eigenvalue weighted by molar-refractivity contribution is 0.470. The Morgan fingerprint density at radius 1 is 1.35 bits per heavy atom. The molecule has 1 aromatic carbocycles. The van der Waals surface area contributed by atoms with Gasteiger partial charge in [0.2, 0.25) is 0 Å². The second-order valence-corrected chi connectivity index (χ2v) is 6.20. The van der Waals surface area contributed by atoms with Crippen LogP contribution in [-0.2, 0) is 6.42 Å². The third-order valence-corrected chi connectivity index (χ3v) is 4.46. The third-order valence-electron chi connectivity index (χ3n) is 3.53. The van der Waals surface area contributed by atoms with Gasteiger partial charge >= 0.3 is 0 Å². The molecule has 0 aliphatic rings. The first-order valence-electron chi connectivity index (χ1n) is 6.87. The normalized spacial score (nSPS) is 12.6. The summed E-state index contributed by atoms with van der Waals surface area (Å²) in [5, 5.41) is 2.08. The molecule has 0 fully saturated rings. The van der Waals surface area contributed by atoms with Crippen LogP contribution in [0.2, 0.25) is 0 Å². The number of hydrogen-bond acceptors (Lipinski definition) is 3. The lowest BCUT2D eigenvalue weighted by atomic mass is 9.95. The number of hydrazine groups is 1. The first-order chi connectivity index (χ1) is 9.61. The van der Waals surface area contributed by atoms with Gasteiger partial charge in [0.25, 0.3) is 0 Å². The molecule has 2 rings (SSSR count). The summed E-state index contributed by atoms with van der Waals surface area (Å²) in [6, 6.07) is 7.64. The standard InChI is InChI=1S/C16H21FN2S/c1-11-9-12(2)16(14(17)10-11)15(19-18)7-3-5-13-6-4-8-20-13/h4,6,8-10,15,19H,3,5,7,18H2,1-2H3. The van der Waals surface area contributed by atoms with Gasteiger partial charge in [-0.2, -0.15) is 0 Å². The van der Waals surface area contributed by atoms with Crippen LogP contribution < -0.4 is 11.3 Å². The van der Waals surface area contributed by atoms with E-state index in [-0.39, 0.29) is 11.9 Å². The summed E-state index contributed by atoms with van der Waals surface area (Å²) in [4.78, 5) is 1.36. The molecular weight excluding hydrogens is 271 g/mol. The van der Waals surface area contributed by atoms with E-state index in [1.165, 1.54) is 4.88 Å². The van der Waals surface area contributed by atoms with Crippen LogP contribution in [0, 0.1) is 19.7 Å². The van der Waals surface area contributed by atoms with Crippen molar-refractivity contribution >= 4 is 11.3 Å². The Kier molecular flexibility index (Phi) is 5.29. The van der Waals surface area contributed by atoms with Gasteiger partial charge in [-0.3, -0.25) is 11.3 Å². The summed E-state index contributed by atoms with van der Waals surface area (Å²) in [5.74, 6) is 5.46. The molecule has 1 aromatic heterocycles. The Morgan fingerprint density at radius 2 is 2.15 bits per heavy atom. The number of rotatable bonds is 6. The number of benzene rings is 1. The van der Waals surface area contributed by atoms with Crippen LogP contribution in [0.25, 0.3) is 0 Å². The number of hydrogen-bond donors (Lipinski definition) is 2. The van der Waals surface area contributed by atoms with Crippen LogP contribution >= 0.6 is 11.3 Å². The van der Waals surface area contributed by atoms with Crippen LogP contribution in [0.15, 0.2) is 29.6 Å². The zero-order valence-electron chi connectivity index (χ0n) is 11.9. The molecule has 3 N–H and O–H groups in total. The van der Waals surface area contributed by atoms with E-state index >= 15 is 0 Å². The minimum absolute atomic E-state index is 0.129. The highest BCUT2D eigenvalue weighted by Gasteiger charge is 2.17. The molecular formula is C16H21FN2S. The highest BCUT2D eigenvalue weighted by Crippen LogP contribution is 2.26. The highest BCUT2D eigenvalue weighted by atomic mass is 32.1. The van der Waals surface area contributed by atoms with Gasteiger partial charge in [0.15, 0.2) is 0 Å². The fraction of sp³-hybridized carbons (Fsp3) is 0.375. The molecule has 0 saturated carbocycles. The molecule has 1 unspecified atom stereocenters. The van der Waals surface area contributed by atoms with E-state index in [1.54, 1.807) is 17.4 Å². The lowest BCUT2D eigenvalue weighted by Crippen LogP contribution is -2.29. The highest BCUT2D eigenvalue weighted by molar-refractivity contribution is 7.09. The largest absolute Gasteiger partial charge is 0.271 e. The van der Waals surface area contributed by atoms with Crippen molar-refractivity contribution < 1.29 is 4.39 Å². The number of thiophene rings is 1. The van der Waals surface area contributed by atoms with Crippen LogP contribution in [-0.4, -0.2) is 0 Å². The van der Waals surface area contributed by atoms with Gasteiger partial charge in [0, 0.05) is 16.5 Å². The maximum absolute atomic E-state index is 14.2. The fourth-order valence-electron chi connectivity index (χ4n) is 2.61. The van der Waals surface area contributed by atoms with Crippen molar-refractivity contribution in [2.75, 3.05) is 0 Å². The molecule has 0 radical (unpaired) electrons. The predicted octanol–water partition coefficient (Wildman–Crippen LogP) is 4.03. The van der Waals surface area contributed by atoms with Crippen molar-refractivity contribution in [1.29, 1.82) is 0 Å². The summed E-state index contributed by atoms with van der Waals surface area (Å²) in [6.45, 7) is 3.84. The molecule has 0 amide bonds. The summed E-state index contributed by atoms with van der Waals surface area (Å²) in [5.41, 5.74) is 5.36. The van der Waals surface area contributed by atoms with E-state index in [2.05, 4.69) is 22.9 Å². The van der Waals surface area contributed by atoms with Gasteiger partial charge < -0.3 is 0 Å². The van der Waals surface area contributed by atoms with Crippen molar-refractivity contribution in [3.63, 3.8) is 0 Å². The summed E-state index contributed by atoms with van der Waals surface area (Å²) >= 11 is 1.76. The minimum atomic E-state index is -0.165. The van der Waals surface area contributed by atoms with Gasteiger partial charge in [-0.05, 0) is 61.7 Å². The molecule has 2 nitrogen and oxygen atoms in total. The van der Waals surface area contributed by atoms with Crippen molar-refractivity contribution in [3.05, 3.63) is 57.0 Å². The topological polar surface area (TPSA) is 38.0 Å². The Bertz CT molecular complexity index is 529. The maximum atomic E-state index is 14.2. The maximum Gasteiger partial charge on any atom is 0.128 e. The predicted molar refractivity (Wildman–Crippen MR) is 83.2 cm³/mol. The van der Waals surface area contributed by atoms with Crippen LogP contribution in [0.3, 0.4) is 0 Å². The zero-order valence-corrected chi connectivity index (χ0v) is 12.8. The molecule has 108 valence electrons. The van der Waals surface area contributed by atoms with Gasteiger partial charge in [-0.25, -0.2) is 4.39 Å². The van der Waals surface area contributed by atoms with Crippen LogP contribution in [0.4, 0.5) is 4.39 Å². The fourth-order valence-corrected chi connectivity index (χ4v) is 3.37. The van der Waals surface area contributed by atoms with E-state index in [1.807, 2.05) is 19.9 Å². The van der Waals surface area contributed by atoms with Crippen molar-refractivity contribution in [2.45, 2.75) is 39.2 Å². The second-order valence-electron chi connectivity index (χ2n) is 5.17. The number of nitrogens with two attached hydrogens (primary N) is 1. The van der Waals surface area contributed by atoms with Gasteiger partial charge in [0.05, 0.1) is 0 Å². The molecule has 1 atom stereocenters. The van der Waals surface area contributed by atoms with E-state index in [0.29, 0.717) is 5.56 Å². The number of halogens is 1. The zero-order chi connectivity index (χ0) is 14.5. The van der Waals surface area contributed by atoms with Crippen molar-refractivity contribution in [1.82, 2.24) is 5.43 Å². The van der Waals surface area contributed by atoms with Gasteiger partial charge in [0.1, 0.15) is 5.82 Å². The monoisotopic (exact) mass is 292 g/mol. The average molecular weight is 292 g/mol. The number of aryl methyl sites for hydroxylation is 3. The molecule has 0 aliphatic heterocycles. The number of nitrogens with one attached hydrogen (secondary N) is 1. The molecule has 2 aromatic rings. The molecule has 1 heterocycles. The van der Waals surface area contributed by atoms with E-state index in [4.69, 9.17) is 5.84 Å². The van der Waals surface area contributed by atoms with Gasteiger partial charge in [-0.1, -0.05) is 12.1 Å².